The summed E-state index contributed by atoms with van der Waals surface area (Å²) < 4.78 is 0. The smallest absolute Gasteiger partial charge is 0.224 e. The summed E-state index contributed by atoms with van der Waals surface area (Å²) in [5, 5.41) is 14.3. The van der Waals surface area contributed by atoms with Gasteiger partial charge in [-0.15, -0.1) is 0 Å². The second-order valence-corrected chi connectivity index (χ2v) is 11.8. The van der Waals surface area contributed by atoms with E-state index in [4.69, 9.17) is 9.97 Å². The van der Waals surface area contributed by atoms with Crippen LogP contribution in [0.2, 0.25) is 0 Å². The second kappa shape index (κ2) is 11.3. The topological polar surface area (TPSA) is 102 Å². The van der Waals surface area contributed by atoms with Crippen molar-refractivity contribution in [2.45, 2.75) is 68.0 Å². The standard InChI is InChI=1S/C28H36N8OS/c1-19-16-25(34-33-19)30-24-18-26(36-14-10-22(11-15-36)35-12-2-3-13-35)32-28(31-24)38-23-8-6-21(7-9-23)29-27(37)17-20-4-5-20/h6-9,16,18,20,22H,2-5,10-15,17H2,1H3,(H,29,37)(H2,30,31,32,33,34). The second-order valence-electron chi connectivity index (χ2n) is 10.7. The fourth-order valence-electron chi connectivity index (χ4n) is 5.37. The normalized spacial score (nSPS) is 18.6. The maximum Gasteiger partial charge on any atom is 0.224 e. The number of nitrogens with zero attached hydrogens (tertiary/aromatic N) is 5. The lowest BCUT2D eigenvalue weighted by molar-refractivity contribution is -0.116. The van der Waals surface area contributed by atoms with Crippen LogP contribution in [0.25, 0.3) is 0 Å². The van der Waals surface area contributed by atoms with Gasteiger partial charge in [-0.1, -0.05) is 0 Å². The van der Waals surface area contributed by atoms with E-state index in [0.29, 0.717) is 23.5 Å². The molecule has 3 aromatic rings. The van der Waals surface area contributed by atoms with Crippen molar-refractivity contribution in [2.75, 3.05) is 41.7 Å². The van der Waals surface area contributed by atoms with E-state index in [1.807, 2.05) is 43.3 Å². The zero-order valence-corrected chi connectivity index (χ0v) is 22.8. The number of aromatic amines is 1. The molecule has 200 valence electrons. The van der Waals surface area contributed by atoms with E-state index in [1.54, 1.807) is 0 Å². The molecule has 0 unspecified atom stereocenters. The van der Waals surface area contributed by atoms with Gasteiger partial charge in [-0.05, 0) is 100 Å². The van der Waals surface area contributed by atoms with Gasteiger partial charge in [0.15, 0.2) is 11.0 Å². The first kappa shape index (κ1) is 25.2. The molecule has 1 saturated carbocycles. The lowest BCUT2D eigenvalue weighted by Gasteiger charge is -2.37. The van der Waals surface area contributed by atoms with Crippen molar-refractivity contribution in [3.63, 3.8) is 0 Å². The SMILES string of the molecule is Cc1cc(Nc2cc(N3CCC(N4CCCC4)CC3)nc(Sc3ccc(NC(=O)CC4CC4)cc3)n2)n[nH]1. The van der Waals surface area contributed by atoms with Gasteiger partial charge < -0.3 is 20.4 Å². The number of rotatable bonds is 9. The molecule has 9 nitrogen and oxygen atoms in total. The summed E-state index contributed by atoms with van der Waals surface area (Å²) in [6.45, 7) is 6.47. The molecule has 10 heteroatoms. The molecule has 0 atom stereocenters. The van der Waals surface area contributed by atoms with Gasteiger partial charge in [-0.2, -0.15) is 5.10 Å². The Morgan fingerprint density at radius 3 is 2.45 bits per heavy atom. The zero-order chi connectivity index (χ0) is 25.9. The van der Waals surface area contributed by atoms with Crippen LogP contribution in [0.1, 0.15) is 50.6 Å². The van der Waals surface area contributed by atoms with Crippen molar-refractivity contribution in [1.82, 2.24) is 25.1 Å². The molecular formula is C28H36N8OS. The molecule has 3 fully saturated rings. The number of anilines is 4. The molecule has 4 heterocycles. The zero-order valence-electron chi connectivity index (χ0n) is 21.9. The van der Waals surface area contributed by atoms with Crippen LogP contribution in [0.15, 0.2) is 46.5 Å². The van der Waals surface area contributed by atoms with E-state index in [-0.39, 0.29) is 5.91 Å². The third-order valence-corrected chi connectivity index (χ3v) is 8.49. The third kappa shape index (κ3) is 6.47. The Hall–Kier alpha value is -3.11. The Labute approximate surface area is 228 Å². The number of likely N-dealkylation sites (tertiary alicyclic amines) is 1. The fraction of sp³-hybridized carbons (Fsp3) is 0.500. The highest BCUT2D eigenvalue weighted by Gasteiger charge is 2.27. The van der Waals surface area contributed by atoms with E-state index in [2.05, 4.69) is 30.6 Å². The van der Waals surface area contributed by atoms with Crippen LogP contribution in [0, 0.1) is 12.8 Å². The molecule has 2 saturated heterocycles. The Balaban J connectivity index is 1.16. The van der Waals surface area contributed by atoms with Crippen LogP contribution < -0.4 is 15.5 Å². The van der Waals surface area contributed by atoms with E-state index >= 15 is 0 Å². The first-order valence-electron chi connectivity index (χ1n) is 13.8. The monoisotopic (exact) mass is 532 g/mol. The minimum Gasteiger partial charge on any atom is -0.356 e. The number of carbonyl (C=O) groups excluding carboxylic acids is 1. The molecule has 6 rings (SSSR count). The molecule has 3 N–H and O–H groups in total. The van der Waals surface area contributed by atoms with Gasteiger partial charge in [0, 0.05) is 54.0 Å². The Morgan fingerprint density at radius 2 is 1.76 bits per heavy atom. The molecule has 0 spiro atoms. The average molecular weight is 533 g/mol. The Bertz CT molecular complexity index is 1240. The van der Waals surface area contributed by atoms with Crippen molar-refractivity contribution in [3.8, 4) is 0 Å². The quantitative estimate of drug-likeness (QED) is 0.323. The lowest BCUT2D eigenvalue weighted by atomic mass is 10.0. The minimum atomic E-state index is 0.0989. The van der Waals surface area contributed by atoms with Gasteiger partial charge in [0.25, 0.3) is 0 Å². The maximum absolute atomic E-state index is 12.2. The van der Waals surface area contributed by atoms with E-state index in [9.17, 15) is 4.79 Å². The largest absolute Gasteiger partial charge is 0.356 e. The van der Waals surface area contributed by atoms with Crippen molar-refractivity contribution in [1.29, 1.82) is 0 Å². The van der Waals surface area contributed by atoms with Crippen molar-refractivity contribution in [3.05, 3.63) is 42.1 Å². The molecule has 38 heavy (non-hydrogen) atoms. The maximum atomic E-state index is 12.2. The highest BCUT2D eigenvalue weighted by Crippen LogP contribution is 2.33. The Kier molecular flexibility index (Phi) is 7.51. The first-order chi connectivity index (χ1) is 18.6. The number of benzene rings is 1. The summed E-state index contributed by atoms with van der Waals surface area (Å²) in [6, 6.07) is 12.6. The van der Waals surface area contributed by atoms with Crippen molar-refractivity contribution < 1.29 is 4.79 Å². The molecule has 0 radical (unpaired) electrons. The summed E-state index contributed by atoms with van der Waals surface area (Å²) in [5.41, 5.74) is 1.82. The van der Waals surface area contributed by atoms with E-state index in [1.165, 1.54) is 63.4 Å². The predicted molar refractivity (Wildman–Crippen MR) is 151 cm³/mol. The van der Waals surface area contributed by atoms with Crippen LogP contribution in [0.3, 0.4) is 0 Å². The number of hydrogen-bond acceptors (Lipinski definition) is 8. The van der Waals surface area contributed by atoms with Gasteiger partial charge in [0.2, 0.25) is 5.91 Å². The van der Waals surface area contributed by atoms with Gasteiger partial charge in [0.05, 0.1) is 0 Å². The summed E-state index contributed by atoms with van der Waals surface area (Å²) >= 11 is 1.53. The molecule has 1 amide bonds. The highest BCUT2D eigenvalue weighted by atomic mass is 32.2. The molecule has 1 aliphatic carbocycles. The average Bonchev–Trinajstić information content (AvgIpc) is 3.37. The number of H-pyrrole nitrogens is 1. The number of aryl methyl sites for hydroxylation is 1. The minimum absolute atomic E-state index is 0.0989. The molecule has 3 aliphatic rings. The summed E-state index contributed by atoms with van der Waals surface area (Å²) in [4.78, 5) is 28.0. The lowest BCUT2D eigenvalue weighted by Crippen LogP contribution is -2.44. The van der Waals surface area contributed by atoms with E-state index < -0.39 is 0 Å². The van der Waals surface area contributed by atoms with Crippen LogP contribution in [-0.4, -0.2) is 63.2 Å². The number of nitrogens with one attached hydrogen (secondary N) is 3. The van der Waals surface area contributed by atoms with Crippen LogP contribution in [-0.2, 0) is 4.79 Å². The summed E-state index contributed by atoms with van der Waals surface area (Å²) in [5.74, 6) is 3.09. The number of aromatic nitrogens is 4. The Morgan fingerprint density at radius 1 is 1.00 bits per heavy atom. The molecule has 2 aromatic heterocycles. The summed E-state index contributed by atoms with van der Waals surface area (Å²) in [6.07, 6.45) is 7.98. The highest BCUT2D eigenvalue weighted by molar-refractivity contribution is 7.99. The van der Waals surface area contributed by atoms with Crippen LogP contribution in [0.4, 0.5) is 23.1 Å². The summed E-state index contributed by atoms with van der Waals surface area (Å²) in [7, 11) is 0. The fourth-order valence-corrected chi connectivity index (χ4v) is 6.14. The van der Waals surface area contributed by atoms with Crippen LogP contribution >= 0.6 is 11.8 Å². The van der Waals surface area contributed by atoms with Gasteiger partial charge in [-0.25, -0.2) is 9.97 Å². The van der Waals surface area contributed by atoms with Crippen molar-refractivity contribution >= 4 is 40.8 Å². The molecular weight excluding hydrogens is 496 g/mol. The molecule has 0 bridgehead atoms. The van der Waals surface area contributed by atoms with Gasteiger partial charge in [-0.3, -0.25) is 9.89 Å². The predicted octanol–water partition coefficient (Wildman–Crippen LogP) is 5.21. The van der Waals surface area contributed by atoms with Crippen molar-refractivity contribution in [2.24, 2.45) is 5.92 Å². The number of amides is 1. The van der Waals surface area contributed by atoms with Gasteiger partial charge >= 0.3 is 0 Å². The number of piperidine rings is 1. The first-order valence-corrected chi connectivity index (χ1v) is 14.6. The van der Waals surface area contributed by atoms with E-state index in [0.717, 1.165) is 46.8 Å². The third-order valence-electron chi connectivity index (χ3n) is 7.62. The van der Waals surface area contributed by atoms with Crippen LogP contribution in [0.5, 0.6) is 0 Å². The van der Waals surface area contributed by atoms with Gasteiger partial charge in [0.1, 0.15) is 11.6 Å². The number of hydrogen-bond donors (Lipinski definition) is 3. The number of carbonyl (C=O) groups is 1. The molecule has 2 aliphatic heterocycles. The molecule has 1 aromatic carbocycles.